The summed E-state index contributed by atoms with van der Waals surface area (Å²) in [5, 5.41) is 3.79. The van der Waals surface area contributed by atoms with Crippen molar-refractivity contribution in [2.24, 2.45) is 0 Å². The lowest BCUT2D eigenvalue weighted by atomic mass is 9.85. The first-order valence-electron chi connectivity index (χ1n) is 5.08. The van der Waals surface area contributed by atoms with Crippen LogP contribution in [0.15, 0.2) is 0 Å². The molecule has 2 rings (SSSR count). The molecule has 2 aliphatic rings. The van der Waals surface area contributed by atoms with Gasteiger partial charge in [0.25, 0.3) is 0 Å². The van der Waals surface area contributed by atoms with Crippen LogP contribution >= 0.6 is 0 Å². The van der Waals surface area contributed by atoms with E-state index in [0.29, 0.717) is 5.54 Å². The molecule has 1 heterocycles. The average molecular weight is 153 g/mol. The van der Waals surface area contributed by atoms with Crippen molar-refractivity contribution >= 4 is 0 Å². The molecule has 1 N–H and O–H groups in total. The van der Waals surface area contributed by atoms with E-state index in [-0.39, 0.29) is 0 Å². The van der Waals surface area contributed by atoms with Crippen LogP contribution in [0.1, 0.15) is 51.9 Å². The fourth-order valence-electron chi connectivity index (χ4n) is 2.86. The summed E-state index contributed by atoms with van der Waals surface area (Å²) in [4.78, 5) is 0. The van der Waals surface area contributed by atoms with Crippen molar-refractivity contribution in [2.75, 3.05) is 0 Å². The van der Waals surface area contributed by atoms with Gasteiger partial charge in [0.1, 0.15) is 0 Å². The van der Waals surface area contributed by atoms with Crippen molar-refractivity contribution in [2.45, 2.75) is 63.5 Å². The van der Waals surface area contributed by atoms with Crippen LogP contribution in [0.3, 0.4) is 0 Å². The van der Waals surface area contributed by atoms with Gasteiger partial charge in [0, 0.05) is 11.6 Å². The van der Waals surface area contributed by atoms with Crippen LogP contribution < -0.4 is 5.32 Å². The fourth-order valence-corrected chi connectivity index (χ4v) is 2.86. The highest BCUT2D eigenvalue weighted by atomic mass is 15.0. The summed E-state index contributed by atoms with van der Waals surface area (Å²) >= 11 is 0. The van der Waals surface area contributed by atoms with Crippen molar-refractivity contribution in [1.82, 2.24) is 5.32 Å². The second-order valence-corrected chi connectivity index (χ2v) is 4.43. The lowest BCUT2D eigenvalue weighted by Crippen LogP contribution is -2.50. The molecule has 0 aromatic carbocycles. The predicted molar refractivity (Wildman–Crippen MR) is 47.6 cm³/mol. The van der Waals surface area contributed by atoms with Gasteiger partial charge in [-0.2, -0.15) is 0 Å². The Balaban J connectivity index is 2.00. The average Bonchev–Trinajstić information content (AvgIpc) is 2.37. The standard InChI is InChI=1S/C10H19N/c1-9-5-4-8-10(11-9)6-2-3-7-10/h9,11H,2-8H2,1H3. The molecule has 1 saturated carbocycles. The molecule has 0 aromatic rings. The lowest BCUT2D eigenvalue weighted by Gasteiger charge is -2.38. The maximum atomic E-state index is 3.79. The molecule has 11 heavy (non-hydrogen) atoms. The second kappa shape index (κ2) is 2.78. The zero-order valence-electron chi connectivity index (χ0n) is 7.53. The summed E-state index contributed by atoms with van der Waals surface area (Å²) in [6.07, 6.45) is 10.1. The zero-order chi connectivity index (χ0) is 7.73. The third-order valence-electron chi connectivity index (χ3n) is 3.41. The monoisotopic (exact) mass is 153 g/mol. The third kappa shape index (κ3) is 1.44. The van der Waals surface area contributed by atoms with Gasteiger partial charge in [-0.05, 0) is 32.6 Å². The van der Waals surface area contributed by atoms with Gasteiger partial charge in [-0.3, -0.25) is 0 Å². The summed E-state index contributed by atoms with van der Waals surface area (Å²) in [5.74, 6) is 0. The van der Waals surface area contributed by atoms with Gasteiger partial charge < -0.3 is 5.32 Å². The maximum Gasteiger partial charge on any atom is 0.0184 e. The van der Waals surface area contributed by atoms with Crippen molar-refractivity contribution in [3.63, 3.8) is 0 Å². The zero-order valence-corrected chi connectivity index (χ0v) is 7.53. The fraction of sp³-hybridized carbons (Fsp3) is 1.00. The topological polar surface area (TPSA) is 12.0 Å². The van der Waals surface area contributed by atoms with E-state index in [1.165, 1.54) is 44.9 Å². The van der Waals surface area contributed by atoms with Crippen LogP contribution in [-0.2, 0) is 0 Å². The molecule has 1 aliphatic heterocycles. The van der Waals surface area contributed by atoms with Crippen molar-refractivity contribution < 1.29 is 0 Å². The van der Waals surface area contributed by atoms with Crippen LogP contribution in [0.25, 0.3) is 0 Å². The molecule has 1 saturated heterocycles. The number of hydrogen-bond acceptors (Lipinski definition) is 1. The molecule has 2 fully saturated rings. The molecule has 1 aliphatic carbocycles. The Morgan fingerprint density at radius 2 is 1.73 bits per heavy atom. The van der Waals surface area contributed by atoms with Crippen molar-refractivity contribution in [3.8, 4) is 0 Å². The molecule has 1 heteroatoms. The summed E-state index contributed by atoms with van der Waals surface area (Å²) in [5.41, 5.74) is 0.595. The minimum absolute atomic E-state index is 0.595. The van der Waals surface area contributed by atoms with Crippen molar-refractivity contribution in [3.05, 3.63) is 0 Å². The van der Waals surface area contributed by atoms with Gasteiger partial charge in [-0.1, -0.05) is 19.3 Å². The molecule has 0 radical (unpaired) electrons. The SMILES string of the molecule is CC1CCCC2(CCCC2)N1. The molecule has 1 nitrogen and oxygen atoms in total. The van der Waals surface area contributed by atoms with Gasteiger partial charge in [0.05, 0.1) is 0 Å². The molecule has 0 bridgehead atoms. The smallest absolute Gasteiger partial charge is 0.0184 e. The van der Waals surface area contributed by atoms with E-state index in [4.69, 9.17) is 0 Å². The normalized spacial score (nSPS) is 36.3. The van der Waals surface area contributed by atoms with Gasteiger partial charge in [0.2, 0.25) is 0 Å². The molecule has 0 amide bonds. The van der Waals surface area contributed by atoms with Crippen LogP contribution in [0.2, 0.25) is 0 Å². The first-order valence-corrected chi connectivity index (χ1v) is 5.08. The van der Waals surface area contributed by atoms with E-state index < -0.39 is 0 Å². The summed E-state index contributed by atoms with van der Waals surface area (Å²) in [7, 11) is 0. The van der Waals surface area contributed by atoms with E-state index in [9.17, 15) is 0 Å². The quantitative estimate of drug-likeness (QED) is 0.563. The largest absolute Gasteiger partial charge is 0.309 e. The third-order valence-corrected chi connectivity index (χ3v) is 3.41. The highest BCUT2D eigenvalue weighted by Gasteiger charge is 2.36. The van der Waals surface area contributed by atoms with Crippen LogP contribution in [-0.4, -0.2) is 11.6 Å². The molecule has 1 unspecified atom stereocenters. The molecule has 0 aromatic heterocycles. The summed E-state index contributed by atoms with van der Waals surface area (Å²) < 4.78 is 0. The predicted octanol–water partition coefficient (Wildman–Crippen LogP) is 2.46. The number of rotatable bonds is 0. The number of hydrogen-bond donors (Lipinski definition) is 1. The first kappa shape index (κ1) is 7.60. The Bertz CT molecular complexity index is 136. The molecule has 64 valence electrons. The maximum absolute atomic E-state index is 3.79. The highest BCUT2D eigenvalue weighted by Crippen LogP contribution is 2.37. The van der Waals surface area contributed by atoms with Crippen LogP contribution in [0.4, 0.5) is 0 Å². The van der Waals surface area contributed by atoms with Gasteiger partial charge in [0.15, 0.2) is 0 Å². The molecule has 1 atom stereocenters. The first-order chi connectivity index (χ1) is 5.31. The Morgan fingerprint density at radius 3 is 2.36 bits per heavy atom. The number of nitrogens with one attached hydrogen (secondary N) is 1. The van der Waals surface area contributed by atoms with E-state index in [2.05, 4.69) is 12.2 Å². The minimum atomic E-state index is 0.595. The van der Waals surface area contributed by atoms with Crippen LogP contribution in [0.5, 0.6) is 0 Å². The van der Waals surface area contributed by atoms with Crippen LogP contribution in [0, 0.1) is 0 Å². The second-order valence-electron chi connectivity index (χ2n) is 4.43. The minimum Gasteiger partial charge on any atom is -0.309 e. The van der Waals surface area contributed by atoms with E-state index in [0.717, 1.165) is 6.04 Å². The highest BCUT2D eigenvalue weighted by molar-refractivity contribution is 4.96. The van der Waals surface area contributed by atoms with E-state index >= 15 is 0 Å². The Morgan fingerprint density at radius 1 is 1.09 bits per heavy atom. The Labute approximate surface area is 69.6 Å². The van der Waals surface area contributed by atoms with Crippen molar-refractivity contribution in [1.29, 1.82) is 0 Å². The Hall–Kier alpha value is -0.0400. The van der Waals surface area contributed by atoms with E-state index in [1.54, 1.807) is 0 Å². The van der Waals surface area contributed by atoms with E-state index in [1.807, 2.05) is 0 Å². The van der Waals surface area contributed by atoms with Gasteiger partial charge in [-0.15, -0.1) is 0 Å². The molecular formula is C10H19N. The van der Waals surface area contributed by atoms with Gasteiger partial charge >= 0.3 is 0 Å². The molecular weight excluding hydrogens is 134 g/mol. The lowest BCUT2D eigenvalue weighted by molar-refractivity contribution is 0.218. The summed E-state index contributed by atoms with van der Waals surface area (Å²) in [6.45, 7) is 2.33. The Kier molecular flexibility index (Phi) is 1.92. The number of piperidine rings is 1. The summed E-state index contributed by atoms with van der Waals surface area (Å²) in [6, 6.07) is 0.779. The van der Waals surface area contributed by atoms with Gasteiger partial charge in [-0.25, -0.2) is 0 Å². The molecule has 1 spiro atoms.